The fourth-order valence-corrected chi connectivity index (χ4v) is 1.99. The highest BCUT2D eigenvalue weighted by molar-refractivity contribution is 5.72. The number of benzene rings is 1. The lowest BCUT2D eigenvalue weighted by atomic mass is 10.0. The van der Waals surface area contributed by atoms with Gasteiger partial charge >= 0.3 is 0 Å². The zero-order valence-electron chi connectivity index (χ0n) is 10.2. The molecule has 0 radical (unpaired) electrons. The van der Waals surface area contributed by atoms with Crippen LogP contribution in [-0.2, 0) is 13.5 Å². The summed E-state index contributed by atoms with van der Waals surface area (Å²) in [6.07, 6.45) is 2.67. The standard InChI is InChI=1S/C13H17N3O/c1-16-12(7-8-14)11(9-15-16)10-5-3-4-6-13(10)17-2/h3-6,9H,7-8,14H2,1-2H3. The number of ether oxygens (including phenoxy) is 1. The van der Waals surface area contributed by atoms with E-state index in [4.69, 9.17) is 10.5 Å². The van der Waals surface area contributed by atoms with Crippen molar-refractivity contribution >= 4 is 0 Å². The molecule has 0 amide bonds. The van der Waals surface area contributed by atoms with E-state index >= 15 is 0 Å². The van der Waals surface area contributed by atoms with Crippen LogP contribution in [0.1, 0.15) is 5.69 Å². The fraction of sp³-hybridized carbons (Fsp3) is 0.308. The SMILES string of the molecule is COc1ccccc1-c1cnn(C)c1CCN. The highest BCUT2D eigenvalue weighted by Gasteiger charge is 2.13. The Morgan fingerprint density at radius 2 is 2.06 bits per heavy atom. The van der Waals surface area contributed by atoms with Crippen LogP contribution in [0.4, 0.5) is 0 Å². The number of hydrogen-bond donors (Lipinski definition) is 1. The second-order valence-corrected chi connectivity index (χ2v) is 3.87. The van der Waals surface area contributed by atoms with Gasteiger partial charge in [0.1, 0.15) is 5.75 Å². The topological polar surface area (TPSA) is 53.1 Å². The molecule has 0 saturated carbocycles. The first-order valence-electron chi connectivity index (χ1n) is 5.62. The third-order valence-electron chi connectivity index (χ3n) is 2.84. The smallest absolute Gasteiger partial charge is 0.126 e. The Kier molecular flexibility index (Phi) is 3.44. The van der Waals surface area contributed by atoms with Crippen molar-refractivity contribution in [1.82, 2.24) is 9.78 Å². The molecule has 2 rings (SSSR count). The van der Waals surface area contributed by atoms with E-state index in [1.807, 2.05) is 42.2 Å². The molecule has 2 N–H and O–H groups in total. The second-order valence-electron chi connectivity index (χ2n) is 3.87. The molecular formula is C13H17N3O. The summed E-state index contributed by atoms with van der Waals surface area (Å²) in [5.41, 5.74) is 8.92. The summed E-state index contributed by atoms with van der Waals surface area (Å²) in [5.74, 6) is 0.860. The lowest BCUT2D eigenvalue weighted by Gasteiger charge is -2.09. The predicted molar refractivity (Wildman–Crippen MR) is 68.0 cm³/mol. The molecule has 0 aliphatic heterocycles. The number of rotatable bonds is 4. The van der Waals surface area contributed by atoms with Crippen molar-refractivity contribution < 1.29 is 4.74 Å². The molecule has 0 aliphatic rings. The first kappa shape index (κ1) is 11.7. The van der Waals surface area contributed by atoms with Gasteiger partial charge in [-0.2, -0.15) is 5.10 Å². The summed E-state index contributed by atoms with van der Waals surface area (Å²) >= 11 is 0. The number of aromatic nitrogens is 2. The maximum atomic E-state index is 5.63. The van der Waals surface area contributed by atoms with Gasteiger partial charge < -0.3 is 10.5 Å². The van der Waals surface area contributed by atoms with E-state index in [0.29, 0.717) is 6.54 Å². The molecule has 1 aromatic heterocycles. The van der Waals surface area contributed by atoms with Crippen molar-refractivity contribution in [3.8, 4) is 16.9 Å². The molecule has 0 aliphatic carbocycles. The van der Waals surface area contributed by atoms with Crippen LogP contribution in [0.3, 0.4) is 0 Å². The summed E-state index contributed by atoms with van der Waals surface area (Å²) in [4.78, 5) is 0. The van der Waals surface area contributed by atoms with Gasteiger partial charge in [-0.3, -0.25) is 4.68 Å². The van der Waals surface area contributed by atoms with Gasteiger partial charge in [0.15, 0.2) is 0 Å². The minimum atomic E-state index is 0.613. The second kappa shape index (κ2) is 5.01. The molecule has 2 aromatic rings. The third kappa shape index (κ3) is 2.17. The lowest BCUT2D eigenvalue weighted by Crippen LogP contribution is -2.08. The molecule has 0 bridgehead atoms. The number of aryl methyl sites for hydroxylation is 1. The van der Waals surface area contributed by atoms with Crippen molar-refractivity contribution in [2.75, 3.05) is 13.7 Å². The average Bonchev–Trinajstić information content (AvgIpc) is 2.72. The Labute approximate surface area is 101 Å². The number of para-hydroxylation sites is 1. The molecule has 0 spiro atoms. The van der Waals surface area contributed by atoms with Gasteiger partial charge in [0.25, 0.3) is 0 Å². The zero-order chi connectivity index (χ0) is 12.3. The monoisotopic (exact) mass is 231 g/mol. The quantitative estimate of drug-likeness (QED) is 0.869. The molecule has 4 heteroatoms. The van der Waals surface area contributed by atoms with Crippen LogP contribution < -0.4 is 10.5 Å². The fourth-order valence-electron chi connectivity index (χ4n) is 1.99. The van der Waals surface area contributed by atoms with Crippen LogP contribution in [0.5, 0.6) is 5.75 Å². The van der Waals surface area contributed by atoms with Crippen molar-refractivity contribution in [3.05, 3.63) is 36.2 Å². The maximum Gasteiger partial charge on any atom is 0.126 e. The van der Waals surface area contributed by atoms with Crippen molar-refractivity contribution in [2.24, 2.45) is 12.8 Å². The minimum absolute atomic E-state index is 0.613. The van der Waals surface area contributed by atoms with Crippen molar-refractivity contribution in [3.63, 3.8) is 0 Å². The van der Waals surface area contributed by atoms with Gasteiger partial charge in [-0.1, -0.05) is 18.2 Å². The van der Waals surface area contributed by atoms with Gasteiger partial charge in [0, 0.05) is 30.3 Å². The summed E-state index contributed by atoms with van der Waals surface area (Å²) < 4.78 is 7.24. The minimum Gasteiger partial charge on any atom is -0.496 e. The van der Waals surface area contributed by atoms with E-state index in [1.54, 1.807) is 7.11 Å². The van der Waals surface area contributed by atoms with E-state index in [0.717, 1.165) is 29.0 Å². The van der Waals surface area contributed by atoms with Crippen molar-refractivity contribution in [1.29, 1.82) is 0 Å². The molecule has 17 heavy (non-hydrogen) atoms. The largest absolute Gasteiger partial charge is 0.496 e. The maximum absolute atomic E-state index is 5.63. The van der Waals surface area contributed by atoms with Crippen LogP contribution in [-0.4, -0.2) is 23.4 Å². The van der Waals surface area contributed by atoms with Crippen LogP contribution in [0, 0.1) is 0 Å². The lowest BCUT2D eigenvalue weighted by molar-refractivity contribution is 0.416. The van der Waals surface area contributed by atoms with Crippen molar-refractivity contribution in [2.45, 2.75) is 6.42 Å². The van der Waals surface area contributed by atoms with Gasteiger partial charge in [-0.05, 0) is 12.6 Å². The van der Waals surface area contributed by atoms with Crippen LogP contribution in [0.25, 0.3) is 11.1 Å². The Morgan fingerprint density at radius 3 is 2.76 bits per heavy atom. The van der Waals surface area contributed by atoms with Gasteiger partial charge in [0.2, 0.25) is 0 Å². The van der Waals surface area contributed by atoms with E-state index in [1.165, 1.54) is 0 Å². The van der Waals surface area contributed by atoms with Crippen LogP contribution in [0.15, 0.2) is 30.5 Å². The average molecular weight is 231 g/mol. The van der Waals surface area contributed by atoms with Gasteiger partial charge in [-0.25, -0.2) is 0 Å². The predicted octanol–water partition coefficient (Wildman–Crippen LogP) is 1.60. The van der Waals surface area contributed by atoms with E-state index < -0.39 is 0 Å². The molecule has 0 unspecified atom stereocenters. The Hall–Kier alpha value is -1.81. The summed E-state index contributed by atoms with van der Waals surface area (Å²) in [7, 11) is 3.61. The Bertz CT molecular complexity index is 505. The van der Waals surface area contributed by atoms with E-state index in [2.05, 4.69) is 5.10 Å². The molecule has 1 heterocycles. The van der Waals surface area contributed by atoms with Gasteiger partial charge in [0.05, 0.1) is 13.3 Å². The number of methoxy groups -OCH3 is 1. The summed E-state index contributed by atoms with van der Waals surface area (Å²) in [6.45, 7) is 0.613. The van der Waals surface area contributed by atoms with E-state index in [-0.39, 0.29) is 0 Å². The Morgan fingerprint density at radius 1 is 1.29 bits per heavy atom. The summed E-state index contributed by atoms with van der Waals surface area (Å²) in [5, 5.41) is 4.29. The first-order chi connectivity index (χ1) is 8.27. The molecule has 90 valence electrons. The molecular weight excluding hydrogens is 214 g/mol. The Balaban J connectivity index is 2.52. The normalized spacial score (nSPS) is 10.5. The van der Waals surface area contributed by atoms with Gasteiger partial charge in [-0.15, -0.1) is 0 Å². The zero-order valence-corrected chi connectivity index (χ0v) is 10.2. The van der Waals surface area contributed by atoms with E-state index in [9.17, 15) is 0 Å². The highest BCUT2D eigenvalue weighted by Crippen LogP contribution is 2.31. The highest BCUT2D eigenvalue weighted by atomic mass is 16.5. The van der Waals surface area contributed by atoms with Crippen LogP contribution in [0.2, 0.25) is 0 Å². The number of nitrogens with two attached hydrogens (primary N) is 1. The molecule has 0 atom stereocenters. The molecule has 0 saturated heterocycles. The van der Waals surface area contributed by atoms with Crippen LogP contribution >= 0.6 is 0 Å². The number of nitrogens with zero attached hydrogens (tertiary/aromatic N) is 2. The molecule has 1 aromatic carbocycles. The molecule has 0 fully saturated rings. The third-order valence-corrected chi connectivity index (χ3v) is 2.84. The molecule has 4 nitrogen and oxygen atoms in total. The number of hydrogen-bond acceptors (Lipinski definition) is 3. The summed E-state index contributed by atoms with van der Waals surface area (Å²) in [6, 6.07) is 7.95. The first-order valence-corrected chi connectivity index (χ1v) is 5.62.